The van der Waals surface area contributed by atoms with Crippen LogP contribution in [-0.2, 0) is 24.2 Å². The molecule has 0 aliphatic rings. The van der Waals surface area contributed by atoms with Gasteiger partial charge in [-0.1, -0.05) is 20.3 Å². The van der Waals surface area contributed by atoms with Crippen molar-refractivity contribution in [1.82, 2.24) is 9.78 Å². The molecule has 1 atom stereocenters. The number of carboxylic acid groups (broad SMARTS) is 1. The molecule has 4 nitrogen and oxygen atoms in total. The molecule has 18 heavy (non-hydrogen) atoms. The average Bonchev–Trinajstić information content (AvgIpc) is 2.71. The molecule has 0 radical (unpaired) electrons. The van der Waals surface area contributed by atoms with Gasteiger partial charge in [-0.15, -0.1) is 0 Å². The number of hydrogen-bond acceptors (Lipinski definition) is 2. The lowest BCUT2D eigenvalue weighted by molar-refractivity contribution is -0.148. The number of nitrogens with zero attached hydrogens (tertiary/aromatic N) is 2. The zero-order valence-corrected chi connectivity index (χ0v) is 11.9. The highest BCUT2D eigenvalue weighted by Crippen LogP contribution is 2.29. The van der Waals surface area contributed by atoms with Gasteiger partial charge in [0.15, 0.2) is 0 Å². The number of carboxylic acids is 1. The first-order chi connectivity index (χ1) is 8.46. The van der Waals surface area contributed by atoms with E-state index < -0.39 is 11.4 Å². The molecule has 0 spiro atoms. The third-order valence-electron chi connectivity index (χ3n) is 3.47. The summed E-state index contributed by atoms with van der Waals surface area (Å²) in [6, 6.07) is 2.04. The topological polar surface area (TPSA) is 55.1 Å². The Morgan fingerprint density at radius 2 is 2.11 bits per heavy atom. The molecule has 0 aliphatic carbocycles. The Hall–Kier alpha value is -1.32. The van der Waals surface area contributed by atoms with Crippen molar-refractivity contribution in [2.45, 2.75) is 59.9 Å². The van der Waals surface area contributed by atoms with E-state index in [1.165, 1.54) is 0 Å². The van der Waals surface area contributed by atoms with E-state index in [4.69, 9.17) is 0 Å². The van der Waals surface area contributed by atoms with Crippen LogP contribution in [0.4, 0.5) is 0 Å². The third kappa shape index (κ3) is 3.12. The maximum absolute atomic E-state index is 11.5. The summed E-state index contributed by atoms with van der Waals surface area (Å²) in [5.74, 6) is -0.716. The second kappa shape index (κ2) is 6.03. The van der Waals surface area contributed by atoms with Gasteiger partial charge in [0, 0.05) is 18.7 Å². The molecule has 1 aromatic rings. The highest BCUT2D eigenvalue weighted by Gasteiger charge is 2.33. The monoisotopic (exact) mass is 252 g/mol. The minimum absolute atomic E-state index is 0.553. The normalized spacial score (nSPS) is 14.4. The van der Waals surface area contributed by atoms with Crippen LogP contribution in [0.25, 0.3) is 0 Å². The molecule has 1 heterocycles. The zero-order valence-electron chi connectivity index (χ0n) is 11.9. The van der Waals surface area contributed by atoms with Crippen LogP contribution in [0.1, 0.15) is 51.9 Å². The summed E-state index contributed by atoms with van der Waals surface area (Å²) in [7, 11) is 0. The second-order valence-corrected chi connectivity index (χ2v) is 5.09. The van der Waals surface area contributed by atoms with Crippen molar-refractivity contribution in [2.24, 2.45) is 5.41 Å². The fraction of sp³-hybridized carbons (Fsp3) is 0.714. The summed E-state index contributed by atoms with van der Waals surface area (Å²) in [6.45, 7) is 8.74. The van der Waals surface area contributed by atoms with E-state index in [0.717, 1.165) is 30.8 Å². The quantitative estimate of drug-likeness (QED) is 0.811. The van der Waals surface area contributed by atoms with Crippen molar-refractivity contribution >= 4 is 5.97 Å². The van der Waals surface area contributed by atoms with Crippen LogP contribution >= 0.6 is 0 Å². The van der Waals surface area contributed by atoms with Crippen molar-refractivity contribution in [3.8, 4) is 0 Å². The maximum Gasteiger partial charge on any atom is 0.309 e. The molecule has 1 N–H and O–H groups in total. The highest BCUT2D eigenvalue weighted by molar-refractivity contribution is 5.74. The first kappa shape index (κ1) is 14.7. The Balaban J connectivity index is 2.99. The predicted molar refractivity (Wildman–Crippen MR) is 71.6 cm³/mol. The van der Waals surface area contributed by atoms with Gasteiger partial charge in [-0.3, -0.25) is 9.48 Å². The van der Waals surface area contributed by atoms with Crippen molar-refractivity contribution < 1.29 is 9.90 Å². The third-order valence-corrected chi connectivity index (χ3v) is 3.47. The van der Waals surface area contributed by atoms with Crippen LogP contribution < -0.4 is 0 Å². The Bertz CT molecular complexity index is 412. The smallest absolute Gasteiger partial charge is 0.309 e. The Morgan fingerprint density at radius 1 is 1.44 bits per heavy atom. The summed E-state index contributed by atoms with van der Waals surface area (Å²) >= 11 is 0. The Morgan fingerprint density at radius 3 is 2.56 bits per heavy atom. The van der Waals surface area contributed by atoms with Crippen molar-refractivity contribution in [3.63, 3.8) is 0 Å². The summed E-state index contributed by atoms with van der Waals surface area (Å²) in [6.07, 6.45) is 3.01. The second-order valence-electron chi connectivity index (χ2n) is 5.09. The summed E-state index contributed by atoms with van der Waals surface area (Å²) in [5, 5.41) is 13.9. The van der Waals surface area contributed by atoms with Crippen molar-refractivity contribution in [3.05, 3.63) is 17.5 Å². The van der Waals surface area contributed by atoms with Crippen molar-refractivity contribution in [2.75, 3.05) is 0 Å². The van der Waals surface area contributed by atoms with Crippen molar-refractivity contribution in [1.29, 1.82) is 0 Å². The van der Waals surface area contributed by atoms with Gasteiger partial charge in [0.2, 0.25) is 0 Å². The lowest BCUT2D eigenvalue weighted by atomic mass is 9.81. The molecule has 102 valence electrons. The summed E-state index contributed by atoms with van der Waals surface area (Å²) in [5.41, 5.74) is 1.39. The van der Waals surface area contributed by atoms with Crippen LogP contribution in [-0.4, -0.2) is 20.9 Å². The molecule has 0 aromatic carbocycles. The fourth-order valence-electron chi connectivity index (χ4n) is 2.33. The van der Waals surface area contributed by atoms with Gasteiger partial charge >= 0.3 is 5.97 Å². The van der Waals surface area contributed by atoms with E-state index in [1.54, 1.807) is 0 Å². The molecule has 0 bridgehead atoms. The summed E-state index contributed by atoms with van der Waals surface area (Å²) in [4.78, 5) is 11.5. The molecule has 0 saturated heterocycles. The number of hydrogen-bond donors (Lipinski definition) is 1. The molecule has 1 aromatic heterocycles. The summed E-state index contributed by atoms with van der Waals surface area (Å²) < 4.78 is 1.93. The van der Waals surface area contributed by atoms with E-state index in [1.807, 2.05) is 31.5 Å². The molecular formula is C14H24N2O2. The number of aliphatic carboxylic acids is 1. The lowest BCUT2D eigenvalue weighted by Gasteiger charge is -2.24. The molecule has 0 amide bonds. The molecule has 0 fully saturated rings. The van der Waals surface area contributed by atoms with Gasteiger partial charge in [0.05, 0.1) is 11.1 Å². The van der Waals surface area contributed by atoms with Crippen LogP contribution in [0.2, 0.25) is 0 Å². The van der Waals surface area contributed by atoms with Crippen LogP contribution in [0.15, 0.2) is 6.07 Å². The van der Waals surface area contributed by atoms with E-state index >= 15 is 0 Å². The van der Waals surface area contributed by atoms with E-state index in [9.17, 15) is 9.90 Å². The molecule has 0 aliphatic heterocycles. The Labute approximate surface area is 109 Å². The predicted octanol–water partition coefficient (Wildman–Crippen LogP) is 2.90. The van der Waals surface area contributed by atoms with Gasteiger partial charge in [0.25, 0.3) is 0 Å². The number of rotatable bonds is 7. The largest absolute Gasteiger partial charge is 0.481 e. The van der Waals surface area contributed by atoms with Gasteiger partial charge in [-0.25, -0.2) is 0 Å². The Kier molecular flexibility index (Phi) is 4.93. The van der Waals surface area contributed by atoms with Crippen LogP contribution in [0, 0.1) is 5.41 Å². The number of carbonyl (C=O) groups is 1. The van der Waals surface area contributed by atoms with Crippen LogP contribution in [0.5, 0.6) is 0 Å². The minimum Gasteiger partial charge on any atom is -0.481 e. The van der Waals surface area contributed by atoms with E-state index in [-0.39, 0.29) is 0 Å². The molecule has 0 saturated carbocycles. The number of aryl methyl sites for hydroxylation is 2. The van der Waals surface area contributed by atoms with Gasteiger partial charge < -0.3 is 5.11 Å². The number of aromatic nitrogens is 2. The first-order valence-corrected chi connectivity index (χ1v) is 6.75. The van der Waals surface area contributed by atoms with Crippen LogP contribution in [0.3, 0.4) is 0 Å². The average molecular weight is 252 g/mol. The molecule has 1 unspecified atom stereocenters. The van der Waals surface area contributed by atoms with Gasteiger partial charge in [0.1, 0.15) is 0 Å². The van der Waals surface area contributed by atoms with Gasteiger partial charge in [-0.05, 0) is 32.8 Å². The van der Waals surface area contributed by atoms with Gasteiger partial charge in [-0.2, -0.15) is 5.10 Å². The maximum atomic E-state index is 11.5. The SMILES string of the molecule is CCCC(C)(Cc1cc(CC)nn1CC)C(=O)O. The standard InChI is InChI=1S/C14H24N2O2/c1-5-8-14(4,13(17)18)10-12-9-11(6-2)15-16(12)7-3/h9H,5-8,10H2,1-4H3,(H,17,18). The molecule has 1 rings (SSSR count). The zero-order chi connectivity index (χ0) is 13.8. The molecule has 4 heteroatoms. The van der Waals surface area contributed by atoms with E-state index in [0.29, 0.717) is 12.8 Å². The first-order valence-electron chi connectivity index (χ1n) is 6.75. The fourth-order valence-corrected chi connectivity index (χ4v) is 2.33. The lowest BCUT2D eigenvalue weighted by Crippen LogP contribution is -2.30. The van der Waals surface area contributed by atoms with E-state index in [2.05, 4.69) is 12.0 Å². The minimum atomic E-state index is -0.716. The molecular weight excluding hydrogens is 228 g/mol. The highest BCUT2D eigenvalue weighted by atomic mass is 16.4.